The van der Waals surface area contributed by atoms with Gasteiger partial charge in [-0.2, -0.15) is 0 Å². The number of aryl methyl sites for hydroxylation is 1. The van der Waals surface area contributed by atoms with E-state index in [2.05, 4.69) is 0 Å². The first-order valence-electron chi connectivity index (χ1n) is 9.29. The van der Waals surface area contributed by atoms with Gasteiger partial charge in [-0.05, 0) is 30.2 Å². The highest BCUT2D eigenvalue weighted by Crippen LogP contribution is 2.33. The molecule has 1 fully saturated rings. The van der Waals surface area contributed by atoms with Crippen LogP contribution in [0.25, 0.3) is 5.57 Å². The lowest BCUT2D eigenvalue weighted by Crippen LogP contribution is -2.40. The van der Waals surface area contributed by atoms with Crippen molar-refractivity contribution in [2.45, 2.75) is 13.5 Å². The molecule has 1 saturated heterocycles. The molecule has 2 aliphatic heterocycles. The molecular formula is C22H21FN2O3. The third kappa shape index (κ3) is 3.43. The number of amides is 2. The van der Waals surface area contributed by atoms with Gasteiger partial charge in [0.2, 0.25) is 0 Å². The lowest BCUT2D eigenvalue weighted by atomic mass is 10.0. The van der Waals surface area contributed by atoms with E-state index in [0.29, 0.717) is 43.1 Å². The third-order valence-electron chi connectivity index (χ3n) is 5.07. The van der Waals surface area contributed by atoms with Crippen LogP contribution in [0.15, 0.2) is 54.2 Å². The molecule has 2 aromatic rings. The lowest BCUT2D eigenvalue weighted by Gasteiger charge is -2.29. The van der Waals surface area contributed by atoms with Crippen LogP contribution in [0, 0.1) is 12.7 Å². The Labute approximate surface area is 163 Å². The van der Waals surface area contributed by atoms with Gasteiger partial charge in [-0.15, -0.1) is 0 Å². The van der Waals surface area contributed by atoms with Crippen LogP contribution in [-0.4, -0.2) is 47.9 Å². The Kier molecular flexibility index (Phi) is 4.96. The maximum absolute atomic E-state index is 13.4. The molecule has 2 amide bonds. The highest BCUT2D eigenvalue weighted by molar-refractivity contribution is 6.35. The van der Waals surface area contributed by atoms with Crippen molar-refractivity contribution in [2.24, 2.45) is 0 Å². The van der Waals surface area contributed by atoms with Crippen LogP contribution in [0.1, 0.15) is 16.7 Å². The fourth-order valence-electron chi connectivity index (χ4n) is 3.54. The molecule has 0 unspecified atom stereocenters. The number of benzene rings is 2. The van der Waals surface area contributed by atoms with Crippen LogP contribution in [0.4, 0.5) is 4.39 Å². The number of halogens is 1. The second-order valence-corrected chi connectivity index (χ2v) is 7.01. The Balaban J connectivity index is 1.72. The molecule has 4 rings (SSSR count). The summed E-state index contributed by atoms with van der Waals surface area (Å²) in [5, 5.41) is 0. The van der Waals surface area contributed by atoms with Crippen LogP contribution >= 0.6 is 0 Å². The Morgan fingerprint density at radius 1 is 0.929 bits per heavy atom. The monoisotopic (exact) mass is 380 g/mol. The molecule has 6 heteroatoms. The molecule has 0 saturated carbocycles. The molecule has 0 radical (unpaired) electrons. The highest BCUT2D eigenvalue weighted by atomic mass is 19.1. The van der Waals surface area contributed by atoms with Gasteiger partial charge in [-0.25, -0.2) is 4.39 Å². The minimum atomic E-state index is -0.384. The summed E-state index contributed by atoms with van der Waals surface area (Å²) in [6.07, 6.45) is 0. The summed E-state index contributed by atoms with van der Waals surface area (Å²) in [5.41, 5.74) is 3.26. The van der Waals surface area contributed by atoms with E-state index in [-0.39, 0.29) is 24.2 Å². The SMILES string of the molecule is Cc1ccc(CN2C(=O)C(c3ccc(F)cc3)=C(N3CCOCC3)C2=O)cc1. The standard InChI is InChI=1S/C22H21FN2O3/c1-15-2-4-16(5-3-15)14-25-21(26)19(17-6-8-18(23)9-7-17)20(22(25)27)24-10-12-28-13-11-24/h2-9H,10-14H2,1H3. The number of morpholine rings is 1. The molecule has 0 atom stereocenters. The number of nitrogens with zero attached hydrogens (tertiary/aromatic N) is 2. The minimum Gasteiger partial charge on any atom is -0.378 e. The van der Waals surface area contributed by atoms with E-state index in [0.717, 1.165) is 11.1 Å². The average molecular weight is 380 g/mol. The predicted molar refractivity (Wildman–Crippen MR) is 102 cm³/mol. The molecule has 28 heavy (non-hydrogen) atoms. The first kappa shape index (κ1) is 18.4. The molecular weight excluding hydrogens is 359 g/mol. The van der Waals surface area contributed by atoms with Gasteiger partial charge < -0.3 is 9.64 Å². The summed E-state index contributed by atoms with van der Waals surface area (Å²) in [6, 6.07) is 13.5. The van der Waals surface area contributed by atoms with Gasteiger partial charge >= 0.3 is 0 Å². The largest absolute Gasteiger partial charge is 0.378 e. The van der Waals surface area contributed by atoms with Gasteiger partial charge in [0.05, 0.1) is 25.3 Å². The van der Waals surface area contributed by atoms with Crippen molar-refractivity contribution in [3.63, 3.8) is 0 Å². The molecule has 2 aliphatic rings. The van der Waals surface area contributed by atoms with E-state index in [4.69, 9.17) is 4.74 Å². The second-order valence-electron chi connectivity index (χ2n) is 7.01. The van der Waals surface area contributed by atoms with E-state index in [1.165, 1.54) is 17.0 Å². The highest BCUT2D eigenvalue weighted by Gasteiger charge is 2.41. The zero-order chi connectivity index (χ0) is 19.7. The van der Waals surface area contributed by atoms with E-state index < -0.39 is 0 Å². The summed E-state index contributed by atoms with van der Waals surface area (Å²) in [4.78, 5) is 29.6. The summed E-state index contributed by atoms with van der Waals surface area (Å²) >= 11 is 0. The molecule has 0 bridgehead atoms. The van der Waals surface area contributed by atoms with E-state index >= 15 is 0 Å². The first-order chi connectivity index (χ1) is 13.5. The molecule has 0 aromatic heterocycles. The number of imide groups is 1. The van der Waals surface area contributed by atoms with Crippen molar-refractivity contribution < 1.29 is 18.7 Å². The smallest absolute Gasteiger partial charge is 0.278 e. The van der Waals surface area contributed by atoms with E-state index in [1.807, 2.05) is 36.1 Å². The first-order valence-corrected chi connectivity index (χ1v) is 9.29. The van der Waals surface area contributed by atoms with Crippen molar-refractivity contribution in [1.29, 1.82) is 0 Å². The summed E-state index contributed by atoms with van der Waals surface area (Å²) in [5.74, 6) is -1.05. The zero-order valence-electron chi connectivity index (χ0n) is 15.7. The van der Waals surface area contributed by atoms with Crippen molar-refractivity contribution in [3.05, 3.63) is 76.7 Å². The van der Waals surface area contributed by atoms with Crippen LogP contribution in [0.2, 0.25) is 0 Å². The molecule has 0 aliphatic carbocycles. The van der Waals surface area contributed by atoms with Crippen LogP contribution in [0.3, 0.4) is 0 Å². The fraction of sp³-hybridized carbons (Fsp3) is 0.273. The number of hydrogen-bond acceptors (Lipinski definition) is 4. The van der Waals surface area contributed by atoms with Crippen molar-refractivity contribution in [3.8, 4) is 0 Å². The topological polar surface area (TPSA) is 49.9 Å². The lowest BCUT2D eigenvalue weighted by molar-refractivity contribution is -0.138. The summed E-state index contributed by atoms with van der Waals surface area (Å²) < 4.78 is 18.8. The summed E-state index contributed by atoms with van der Waals surface area (Å²) in [7, 11) is 0. The Bertz CT molecular complexity index is 929. The normalized spacial score (nSPS) is 17.6. The molecule has 144 valence electrons. The van der Waals surface area contributed by atoms with Gasteiger partial charge in [-0.1, -0.05) is 42.0 Å². The number of carbonyl (C=O) groups excluding carboxylic acids is 2. The predicted octanol–water partition coefficient (Wildman–Crippen LogP) is 2.75. The van der Waals surface area contributed by atoms with Crippen LogP contribution in [-0.2, 0) is 20.9 Å². The quantitative estimate of drug-likeness (QED) is 0.766. The van der Waals surface area contributed by atoms with Gasteiger partial charge in [0.25, 0.3) is 11.8 Å². The molecule has 0 N–H and O–H groups in total. The van der Waals surface area contributed by atoms with Gasteiger partial charge in [0.1, 0.15) is 11.5 Å². The number of hydrogen-bond donors (Lipinski definition) is 0. The Morgan fingerprint density at radius 2 is 1.57 bits per heavy atom. The van der Waals surface area contributed by atoms with Gasteiger partial charge in [0, 0.05) is 13.1 Å². The van der Waals surface area contributed by atoms with E-state index in [9.17, 15) is 14.0 Å². The van der Waals surface area contributed by atoms with Crippen LogP contribution < -0.4 is 0 Å². The molecule has 2 heterocycles. The fourth-order valence-corrected chi connectivity index (χ4v) is 3.54. The van der Waals surface area contributed by atoms with Crippen molar-refractivity contribution in [1.82, 2.24) is 9.80 Å². The maximum atomic E-state index is 13.4. The van der Waals surface area contributed by atoms with E-state index in [1.54, 1.807) is 12.1 Å². The Morgan fingerprint density at radius 3 is 2.21 bits per heavy atom. The number of rotatable bonds is 4. The number of carbonyl (C=O) groups is 2. The van der Waals surface area contributed by atoms with Crippen molar-refractivity contribution >= 4 is 17.4 Å². The third-order valence-corrected chi connectivity index (χ3v) is 5.07. The van der Waals surface area contributed by atoms with Gasteiger partial charge in [0.15, 0.2) is 0 Å². The molecule has 5 nitrogen and oxygen atoms in total. The maximum Gasteiger partial charge on any atom is 0.278 e. The molecule has 0 spiro atoms. The summed E-state index contributed by atoms with van der Waals surface area (Å²) in [6.45, 7) is 4.27. The minimum absolute atomic E-state index is 0.205. The zero-order valence-corrected chi connectivity index (χ0v) is 15.7. The Hall–Kier alpha value is -2.99. The molecule has 2 aromatic carbocycles. The number of ether oxygens (including phenoxy) is 1. The van der Waals surface area contributed by atoms with Crippen molar-refractivity contribution in [2.75, 3.05) is 26.3 Å². The van der Waals surface area contributed by atoms with Crippen LogP contribution in [0.5, 0.6) is 0 Å². The average Bonchev–Trinajstić information content (AvgIpc) is 2.95. The van der Waals surface area contributed by atoms with Gasteiger partial charge in [-0.3, -0.25) is 14.5 Å². The second kappa shape index (κ2) is 7.56.